The molecule has 0 aliphatic carbocycles. The predicted molar refractivity (Wildman–Crippen MR) is 113 cm³/mol. The minimum absolute atomic E-state index is 0.0184. The van der Waals surface area contributed by atoms with Crippen molar-refractivity contribution in [2.75, 3.05) is 33.6 Å². The lowest BCUT2D eigenvalue weighted by Gasteiger charge is -2.25. The Bertz CT molecular complexity index is 881. The van der Waals surface area contributed by atoms with Crippen molar-refractivity contribution in [3.8, 4) is 17.2 Å². The molecule has 0 saturated carbocycles. The highest BCUT2D eigenvalue weighted by Gasteiger charge is 2.32. The topological polar surface area (TPSA) is 48.0 Å². The molecule has 2 aromatic carbocycles. The number of hydrogen-bond donors (Lipinski definition) is 0. The summed E-state index contributed by atoms with van der Waals surface area (Å²) in [5, 5.41) is -0.135. The van der Waals surface area contributed by atoms with E-state index in [1.54, 1.807) is 45.2 Å². The van der Waals surface area contributed by atoms with Crippen LogP contribution in [0, 0.1) is 6.92 Å². The van der Waals surface area contributed by atoms with E-state index >= 15 is 0 Å². The summed E-state index contributed by atoms with van der Waals surface area (Å²) in [4.78, 5) is 14.8. The fraction of sp³-hybridized carbons (Fsp3) is 0.318. The van der Waals surface area contributed by atoms with Gasteiger partial charge in [0, 0.05) is 30.0 Å². The molecule has 1 unspecified atom stereocenters. The Hall–Kier alpha value is -2.60. The van der Waals surface area contributed by atoms with Crippen molar-refractivity contribution in [1.29, 1.82) is 0 Å². The van der Waals surface area contributed by atoms with Gasteiger partial charge in [-0.2, -0.15) is 0 Å². The molecule has 3 rings (SSSR count). The molecule has 28 heavy (non-hydrogen) atoms. The van der Waals surface area contributed by atoms with Gasteiger partial charge in [-0.15, -0.1) is 11.8 Å². The molecule has 5 nitrogen and oxygen atoms in total. The maximum Gasteiger partial charge on any atom is 0.247 e. The Morgan fingerprint density at radius 1 is 1.07 bits per heavy atom. The molecule has 1 aliphatic rings. The third-order valence-electron chi connectivity index (χ3n) is 4.77. The normalized spacial score (nSPS) is 16.4. The molecule has 148 valence electrons. The fourth-order valence-corrected chi connectivity index (χ4v) is 4.51. The van der Waals surface area contributed by atoms with Gasteiger partial charge in [0.25, 0.3) is 0 Å². The number of rotatable bonds is 6. The van der Waals surface area contributed by atoms with Crippen LogP contribution in [0.4, 0.5) is 0 Å². The zero-order valence-electron chi connectivity index (χ0n) is 16.6. The number of amides is 1. The molecular formula is C22H25NO4S. The molecule has 1 fully saturated rings. The van der Waals surface area contributed by atoms with Crippen LogP contribution in [0.1, 0.15) is 22.1 Å². The molecule has 0 radical (unpaired) electrons. The average molecular weight is 400 g/mol. The summed E-state index contributed by atoms with van der Waals surface area (Å²) in [6.07, 6.45) is 3.53. The quantitative estimate of drug-likeness (QED) is 0.678. The molecule has 1 aliphatic heterocycles. The van der Waals surface area contributed by atoms with E-state index in [4.69, 9.17) is 14.2 Å². The van der Waals surface area contributed by atoms with Crippen LogP contribution >= 0.6 is 11.8 Å². The second-order valence-corrected chi connectivity index (χ2v) is 7.58. The third kappa shape index (κ3) is 4.12. The number of thioether (sulfide) groups is 1. The first-order valence-electron chi connectivity index (χ1n) is 9.05. The van der Waals surface area contributed by atoms with E-state index in [2.05, 4.69) is 0 Å². The van der Waals surface area contributed by atoms with E-state index < -0.39 is 0 Å². The minimum Gasteiger partial charge on any atom is -0.496 e. The fourth-order valence-electron chi connectivity index (χ4n) is 3.23. The first-order valence-corrected chi connectivity index (χ1v) is 10.1. The number of methoxy groups -OCH3 is 3. The van der Waals surface area contributed by atoms with Crippen LogP contribution in [0.3, 0.4) is 0 Å². The summed E-state index contributed by atoms with van der Waals surface area (Å²) >= 11 is 1.71. The number of carbonyl (C=O) groups is 1. The molecule has 2 aromatic rings. The Balaban J connectivity index is 1.88. The lowest BCUT2D eigenvalue weighted by molar-refractivity contribution is -0.126. The van der Waals surface area contributed by atoms with E-state index in [1.807, 2.05) is 48.2 Å². The average Bonchev–Trinajstić information content (AvgIpc) is 3.21. The van der Waals surface area contributed by atoms with Crippen molar-refractivity contribution >= 4 is 23.7 Å². The first kappa shape index (κ1) is 20.1. The van der Waals surface area contributed by atoms with Crippen molar-refractivity contribution in [3.05, 3.63) is 59.2 Å². The van der Waals surface area contributed by atoms with Crippen LogP contribution in [0.25, 0.3) is 6.08 Å². The van der Waals surface area contributed by atoms with Crippen LogP contribution in [0.2, 0.25) is 0 Å². The zero-order chi connectivity index (χ0) is 20.1. The number of aryl methyl sites for hydroxylation is 1. The molecule has 6 heteroatoms. The Morgan fingerprint density at radius 2 is 1.75 bits per heavy atom. The monoisotopic (exact) mass is 399 g/mol. The van der Waals surface area contributed by atoms with Gasteiger partial charge in [0.15, 0.2) is 11.5 Å². The van der Waals surface area contributed by atoms with Crippen LogP contribution < -0.4 is 14.2 Å². The summed E-state index contributed by atoms with van der Waals surface area (Å²) in [5.74, 6) is 2.75. The molecule has 1 amide bonds. The van der Waals surface area contributed by atoms with Crippen molar-refractivity contribution in [2.24, 2.45) is 0 Å². The van der Waals surface area contributed by atoms with Crippen molar-refractivity contribution in [1.82, 2.24) is 4.90 Å². The lowest BCUT2D eigenvalue weighted by atomic mass is 10.1. The van der Waals surface area contributed by atoms with Gasteiger partial charge in [-0.3, -0.25) is 4.79 Å². The summed E-state index contributed by atoms with van der Waals surface area (Å²) in [6.45, 7) is 2.72. The smallest absolute Gasteiger partial charge is 0.247 e. The zero-order valence-corrected chi connectivity index (χ0v) is 17.4. The predicted octanol–water partition coefficient (Wildman–Crippen LogP) is 4.31. The van der Waals surface area contributed by atoms with Gasteiger partial charge in [-0.05, 0) is 30.2 Å². The van der Waals surface area contributed by atoms with E-state index in [0.29, 0.717) is 23.8 Å². The second-order valence-electron chi connectivity index (χ2n) is 6.39. The standard InChI is InChI=1S/C22H25NO4S/c1-15-7-5-6-8-16(15)9-10-21(24)23-11-12-28-22(23)17-13-19(26-3)20(27-4)14-18(17)25-2/h5-10,13-14,22H,11-12H2,1-4H3/b10-9+. The Labute approximate surface area is 170 Å². The number of carbonyl (C=O) groups excluding carboxylic acids is 1. The number of ether oxygens (including phenoxy) is 3. The highest BCUT2D eigenvalue weighted by molar-refractivity contribution is 7.99. The third-order valence-corrected chi connectivity index (χ3v) is 6.01. The molecule has 0 spiro atoms. The SMILES string of the molecule is COc1cc(OC)c(C2SCCN2C(=O)/C=C/c2ccccc2C)cc1OC. The van der Waals surface area contributed by atoms with Gasteiger partial charge in [-0.1, -0.05) is 24.3 Å². The van der Waals surface area contributed by atoms with Crippen molar-refractivity contribution in [3.63, 3.8) is 0 Å². The molecule has 0 N–H and O–H groups in total. The number of benzene rings is 2. The number of hydrogen-bond acceptors (Lipinski definition) is 5. The second kappa shape index (κ2) is 9.06. The van der Waals surface area contributed by atoms with E-state index in [9.17, 15) is 4.79 Å². The largest absolute Gasteiger partial charge is 0.496 e. The maximum absolute atomic E-state index is 12.9. The molecule has 1 atom stereocenters. The number of nitrogens with zero attached hydrogens (tertiary/aromatic N) is 1. The first-order chi connectivity index (χ1) is 13.6. The van der Waals surface area contributed by atoms with E-state index in [0.717, 1.165) is 22.4 Å². The molecule has 0 aromatic heterocycles. The van der Waals surface area contributed by atoms with E-state index in [-0.39, 0.29) is 11.3 Å². The summed E-state index contributed by atoms with van der Waals surface area (Å²) in [7, 11) is 4.81. The van der Waals surface area contributed by atoms with Gasteiger partial charge in [0.1, 0.15) is 11.1 Å². The van der Waals surface area contributed by atoms with Gasteiger partial charge in [0.2, 0.25) is 5.91 Å². The lowest BCUT2D eigenvalue weighted by Crippen LogP contribution is -2.29. The summed E-state index contributed by atoms with van der Waals surface area (Å²) < 4.78 is 16.4. The Morgan fingerprint density at radius 3 is 2.43 bits per heavy atom. The van der Waals surface area contributed by atoms with Crippen LogP contribution in [-0.2, 0) is 4.79 Å². The summed E-state index contributed by atoms with van der Waals surface area (Å²) in [5.41, 5.74) is 3.09. The van der Waals surface area contributed by atoms with Crippen LogP contribution in [0.5, 0.6) is 17.2 Å². The van der Waals surface area contributed by atoms with Crippen molar-refractivity contribution in [2.45, 2.75) is 12.3 Å². The minimum atomic E-state index is -0.135. The Kier molecular flexibility index (Phi) is 6.52. The molecule has 1 saturated heterocycles. The maximum atomic E-state index is 12.9. The van der Waals surface area contributed by atoms with Gasteiger partial charge >= 0.3 is 0 Å². The molecule has 1 heterocycles. The van der Waals surface area contributed by atoms with Gasteiger partial charge in [-0.25, -0.2) is 0 Å². The molecular weight excluding hydrogens is 374 g/mol. The van der Waals surface area contributed by atoms with E-state index in [1.165, 1.54) is 0 Å². The highest BCUT2D eigenvalue weighted by atomic mass is 32.2. The van der Waals surface area contributed by atoms with Gasteiger partial charge in [0.05, 0.1) is 21.3 Å². The van der Waals surface area contributed by atoms with Crippen LogP contribution in [-0.4, -0.2) is 44.4 Å². The van der Waals surface area contributed by atoms with Crippen molar-refractivity contribution < 1.29 is 19.0 Å². The molecule has 0 bridgehead atoms. The summed E-state index contributed by atoms with van der Waals surface area (Å²) in [6, 6.07) is 11.7. The highest BCUT2D eigenvalue weighted by Crippen LogP contribution is 2.46. The van der Waals surface area contributed by atoms with Gasteiger partial charge < -0.3 is 19.1 Å². The van der Waals surface area contributed by atoms with Crippen LogP contribution in [0.15, 0.2) is 42.5 Å².